The summed E-state index contributed by atoms with van der Waals surface area (Å²) in [6.45, 7) is 11.4. The topological polar surface area (TPSA) is 32.5 Å². The fraction of sp³-hybridized carbons (Fsp3) is 0.684. The Morgan fingerprint density at radius 1 is 1.00 bits per heavy atom. The van der Waals surface area contributed by atoms with Crippen LogP contribution in [0.5, 0.6) is 0 Å². The van der Waals surface area contributed by atoms with Crippen LogP contribution >= 0.6 is 0 Å². The van der Waals surface area contributed by atoms with Crippen molar-refractivity contribution in [2.45, 2.75) is 45.2 Å². The summed E-state index contributed by atoms with van der Waals surface area (Å²) in [7, 11) is 0. The third-order valence-electron chi connectivity index (χ3n) is 5.31. The van der Waals surface area contributed by atoms with E-state index in [0.717, 1.165) is 13.1 Å². The standard InChI is InChI=1S/C19H31N3/c1-18(2,20)15-21-11-8-19(9-12-21)10-13-22(16-19)14-17-6-4-3-5-7-17/h3-7H,8-16,20H2,1-2H3. The molecule has 0 atom stereocenters. The molecule has 22 heavy (non-hydrogen) atoms. The van der Waals surface area contributed by atoms with Crippen molar-refractivity contribution in [2.24, 2.45) is 11.1 Å². The molecule has 1 aromatic rings. The number of rotatable bonds is 4. The summed E-state index contributed by atoms with van der Waals surface area (Å²) in [5.74, 6) is 0. The molecular weight excluding hydrogens is 270 g/mol. The molecule has 3 rings (SSSR count). The van der Waals surface area contributed by atoms with E-state index in [4.69, 9.17) is 5.73 Å². The van der Waals surface area contributed by atoms with Crippen LogP contribution < -0.4 is 5.73 Å². The normalized spacial score (nSPS) is 23.2. The Balaban J connectivity index is 1.50. The number of likely N-dealkylation sites (tertiary alicyclic amines) is 2. The molecule has 0 aliphatic carbocycles. The number of piperidine rings is 1. The van der Waals surface area contributed by atoms with Gasteiger partial charge in [-0.3, -0.25) is 4.90 Å². The smallest absolute Gasteiger partial charge is 0.0233 e. The minimum atomic E-state index is -0.0699. The van der Waals surface area contributed by atoms with Crippen molar-refractivity contribution in [3.05, 3.63) is 35.9 Å². The Labute approximate surface area is 135 Å². The lowest BCUT2D eigenvalue weighted by molar-refractivity contribution is 0.0937. The predicted molar refractivity (Wildman–Crippen MR) is 92.7 cm³/mol. The van der Waals surface area contributed by atoms with Crippen LogP contribution in [0.1, 0.15) is 38.7 Å². The fourth-order valence-electron chi connectivity index (χ4n) is 4.17. The Bertz CT molecular complexity index is 469. The molecule has 2 heterocycles. The molecule has 0 saturated carbocycles. The third kappa shape index (κ3) is 4.09. The number of nitrogens with two attached hydrogens (primary N) is 1. The second kappa shape index (κ2) is 6.31. The molecule has 122 valence electrons. The van der Waals surface area contributed by atoms with Crippen LogP contribution in [0, 0.1) is 5.41 Å². The zero-order valence-corrected chi connectivity index (χ0v) is 14.2. The first-order chi connectivity index (χ1) is 10.4. The first-order valence-corrected chi connectivity index (χ1v) is 8.72. The highest BCUT2D eigenvalue weighted by Gasteiger charge is 2.40. The lowest BCUT2D eigenvalue weighted by Gasteiger charge is -2.41. The van der Waals surface area contributed by atoms with Crippen molar-refractivity contribution in [3.8, 4) is 0 Å². The Morgan fingerprint density at radius 2 is 1.59 bits per heavy atom. The van der Waals surface area contributed by atoms with Crippen LogP contribution in [-0.2, 0) is 6.54 Å². The van der Waals surface area contributed by atoms with E-state index in [9.17, 15) is 0 Å². The quantitative estimate of drug-likeness (QED) is 0.928. The van der Waals surface area contributed by atoms with E-state index in [1.807, 2.05) is 0 Å². The molecule has 1 aromatic carbocycles. The van der Waals surface area contributed by atoms with Crippen molar-refractivity contribution in [3.63, 3.8) is 0 Å². The second-order valence-corrected chi connectivity index (χ2v) is 8.21. The molecule has 3 heteroatoms. The van der Waals surface area contributed by atoms with Gasteiger partial charge in [0.15, 0.2) is 0 Å². The lowest BCUT2D eigenvalue weighted by Crippen LogP contribution is -2.50. The van der Waals surface area contributed by atoms with E-state index in [2.05, 4.69) is 54.0 Å². The maximum atomic E-state index is 6.17. The average molecular weight is 301 g/mol. The lowest BCUT2D eigenvalue weighted by atomic mass is 9.77. The van der Waals surface area contributed by atoms with Crippen molar-refractivity contribution >= 4 is 0 Å². The van der Waals surface area contributed by atoms with Crippen LogP contribution in [0.3, 0.4) is 0 Å². The van der Waals surface area contributed by atoms with Gasteiger partial charge in [-0.2, -0.15) is 0 Å². The summed E-state index contributed by atoms with van der Waals surface area (Å²) < 4.78 is 0. The number of nitrogens with zero attached hydrogens (tertiary/aromatic N) is 2. The highest BCUT2D eigenvalue weighted by atomic mass is 15.2. The zero-order valence-electron chi connectivity index (χ0n) is 14.2. The minimum absolute atomic E-state index is 0.0699. The average Bonchev–Trinajstić information content (AvgIpc) is 2.84. The molecule has 2 N–H and O–H groups in total. The molecule has 2 aliphatic rings. The Hall–Kier alpha value is -0.900. The Morgan fingerprint density at radius 3 is 2.18 bits per heavy atom. The van der Waals surface area contributed by atoms with E-state index in [1.54, 1.807) is 0 Å². The summed E-state index contributed by atoms with van der Waals surface area (Å²) in [5.41, 5.74) is 8.12. The summed E-state index contributed by atoms with van der Waals surface area (Å²) in [6.07, 6.45) is 4.06. The van der Waals surface area contributed by atoms with E-state index in [-0.39, 0.29) is 5.54 Å². The molecule has 2 saturated heterocycles. The van der Waals surface area contributed by atoms with Crippen LogP contribution in [0.15, 0.2) is 30.3 Å². The highest BCUT2D eigenvalue weighted by Crippen LogP contribution is 2.40. The summed E-state index contributed by atoms with van der Waals surface area (Å²) >= 11 is 0. The summed E-state index contributed by atoms with van der Waals surface area (Å²) in [4.78, 5) is 5.21. The van der Waals surface area contributed by atoms with Crippen LogP contribution in [-0.4, -0.2) is 48.1 Å². The minimum Gasteiger partial charge on any atom is -0.324 e. The van der Waals surface area contributed by atoms with Crippen LogP contribution in [0.2, 0.25) is 0 Å². The van der Waals surface area contributed by atoms with Crippen molar-refractivity contribution in [1.29, 1.82) is 0 Å². The van der Waals surface area contributed by atoms with Crippen LogP contribution in [0.4, 0.5) is 0 Å². The second-order valence-electron chi connectivity index (χ2n) is 8.21. The van der Waals surface area contributed by atoms with Crippen molar-refractivity contribution < 1.29 is 0 Å². The first-order valence-electron chi connectivity index (χ1n) is 8.72. The predicted octanol–water partition coefficient (Wildman–Crippen LogP) is 2.71. The van der Waals surface area contributed by atoms with Gasteiger partial charge in [0, 0.05) is 25.2 Å². The SMILES string of the molecule is CC(C)(N)CN1CCC2(CC1)CCN(Cc1ccccc1)C2. The van der Waals surface area contributed by atoms with Crippen molar-refractivity contribution in [1.82, 2.24) is 9.80 Å². The summed E-state index contributed by atoms with van der Waals surface area (Å²) in [5, 5.41) is 0. The number of hydrogen-bond acceptors (Lipinski definition) is 3. The summed E-state index contributed by atoms with van der Waals surface area (Å²) in [6, 6.07) is 10.9. The van der Waals surface area contributed by atoms with Gasteiger partial charge < -0.3 is 10.6 Å². The molecule has 2 aliphatic heterocycles. The number of benzene rings is 1. The third-order valence-corrected chi connectivity index (χ3v) is 5.31. The van der Waals surface area contributed by atoms with E-state index in [0.29, 0.717) is 5.41 Å². The molecule has 0 amide bonds. The molecule has 0 unspecified atom stereocenters. The molecule has 0 radical (unpaired) electrons. The Kier molecular flexibility index (Phi) is 4.58. The van der Waals surface area contributed by atoms with Crippen molar-refractivity contribution in [2.75, 3.05) is 32.7 Å². The highest BCUT2D eigenvalue weighted by molar-refractivity contribution is 5.15. The molecule has 3 nitrogen and oxygen atoms in total. The maximum absolute atomic E-state index is 6.17. The van der Waals surface area contributed by atoms with Crippen LogP contribution in [0.25, 0.3) is 0 Å². The van der Waals surface area contributed by atoms with Gasteiger partial charge in [0.05, 0.1) is 0 Å². The number of hydrogen-bond donors (Lipinski definition) is 1. The van der Waals surface area contributed by atoms with Gasteiger partial charge >= 0.3 is 0 Å². The van der Waals surface area contributed by atoms with E-state index in [1.165, 1.54) is 51.0 Å². The van der Waals surface area contributed by atoms with Gasteiger partial charge in [-0.1, -0.05) is 30.3 Å². The largest absolute Gasteiger partial charge is 0.324 e. The fourth-order valence-corrected chi connectivity index (χ4v) is 4.17. The molecule has 0 aromatic heterocycles. The zero-order chi connectivity index (χ0) is 15.6. The maximum Gasteiger partial charge on any atom is 0.0233 e. The van der Waals surface area contributed by atoms with E-state index < -0.39 is 0 Å². The van der Waals surface area contributed by atoms with E-state index >= 15 is 0 Å². The van der Waals surface area contributed by atoms with Gasteiger partial charge in [-0.25, -0.2) is 0 Å². The monoisotopic (exact) mass is 301 g/mol. The molecule has 2 fully saturated rings. The molecular formula is C19H31N3. The van der Waals surface area contributed by atoms with Gasteiger partial charge in [0.1, 0.15) is 0 Å². The molecule has 0 bridgehead atoms. The van der Waals surface area contributed by atoms with Gasteiger partial charge in [0.2, 0.25) is 0 Å². The van der Waals surface area contributed by atoms with Gasteiger partial charge in [0.25, 0.3) is 0 Å². The first kappa shape index (κ1) is 16.0. The molecule has 1 spiro atoms. The van der Waals surface area contributed by atoms with Gasteiger partial charge in [-0.05, 0) is 63.7 Å². The van der Waals surface area contributed by atoms with Gasteiger partial charge in [-0.15, -0.1) is 0 Å².